The molecule has 2 aromatic heterocycles. The van der Waals surface area contributed by atoms with Crippen LogP contribution in [-0.4, -0.2) is 30.0 Å². The molecule has 0 fully saturated rings. The zero-order chi connectivity index (χ0) is 21.4. The number of hydrogen-bond donors (Lipinski definition) is 1. The van der Waals surface area contributed by atoms with Crippen LogP contribution in [-0.2, 0) is 24.4 Å². The Bertz CT molecular complexity index is 1310. The molecule has 0 saturated heterocycles. The van der Waals surface area contributed by atoms with Crippen molar-refractivity contribution in [2.75, 3.05) is 0 Å². The van der Waals surface area contributed by atoms with Gasteiger partial charge >= 0.3 is 11.7 Å². The predicted molar refractivity (Wildman–Crippen MR) is 117 cm³/mol. The molecule has 30 heavy (non-hydrogen) atoms. The highest BCUT2D eigenvalue weighted by atomic mass is 16.4. The first-order valence-electron chi connectivity index (χ1n) is 10.0. The monoisotopic (exact) mass is 404 g/mol. The van der Waals surface area contributed by atoms with Crippen molar-refractivity contribution >= 4 is 17.0 Å². The molecule has 0 aliphatic rings. The van der Waals surface area contributed by atoms with Crippen molar-refractivity contribution in [3.05, 3.63) is 64.7 Å². The maximum atomic E-state index is 12.7. The Balaban J connectivity index is 1.95. The van der Waals surface area contributed by atoms with Crippen LogP contribution in [0.4, 0.5) is 0 Å². The van der Waals surface area contributed by atoms with E-state index in [4.69, 9.17) is 0 Å². The lowest BCUT2D eigenvalue weighted by atomic mass is 10.0. The van der Waals surface area contributed by atoms with E-state index in [9.17, 15) is 14.7 Å². The lowest BCUT2D eigenvalue weighted by molar-refractivity contribution is -0.137. The van der Waals surface area contributed by atoms with Gasteiger partial charge in [0.2, 0.25) is 0 Å². The third-order valence-corrected chi connectivity index (χ3v) is 5.31. The molecule has 0 aliphatic heterocycles. The van der Waals surface area contributed by atoms with Gasteiger partial charge in [-0.25, -0.2) is 4.79 Å². The summed E-state index contributed by atoms with van der Waals surface area (Å²) in [6.45, 7) is 6.89. The van der Waals surface area contributed by atoms with E-state index in [1.54, 1.807) is 15.3 Å². The van der Waals surface area contributed by atoms with E-state index in [-0.39, 0.29) is 12.2 Å². The number of imidazole rings is 1. The van der Waals surface area contributed by atoms with E-state index < -0.39 is 5.97 Å². The summed E-state index contributed by atoms with van der Waals surface area (Å²) in [5.41, 5.74) is 6.21. The van der Waals surface area contributed by atoms with Crippen LogP contribution in [0.3, 0.4) is 0 Å². The van der Waals surface area contributed by atoms with Crippen molar-refractivity contribution in [3.63, 3.8) is 0 Å². The van der Waals surface area contributed by atoms with E-state index in [0.29, 0.717) is 13.1 Å². The molecule has 0 bridgehead atoms. The van der Waals surface area contributed by atoms with Crippen LogP contribution in [0.1, 0.15) is 19.4 Å². The molecule has 1 N–H and O–H groups in total. The molecule has 0 atom stereocenters. The number of carbonyl (C=O) groups is 1. The largest absolute Gasteiger partial charge is 0.480 e. The fourth-order valence-corrected chi connectivity index (χ4v) is 3.96. The Morgan fingerprint density at radius 2 is 1.73 bits per heavy atom. The first-order valence-corrected chi connectivity index (χ1v) is 10.0. The van der Waals surface area contributed by atoms with E-state index in [0.717, 1.165) is 39.0 Å². The smallest absolute Gasteiger partial charge is 0.329 e. The van der Waals surface area contributed by atoms with Gasteiger partial charge in [-0.05, 0) is 44.5 Å². The first-order chi connectivity index (χ1) is 14.4. The average Bonchev–Trinajstić information content (AvgIpc) is 3.24. The molecule has 0 unspecified atom stereocenters. The molecule has 0 radical (unpaired) electrons. The minimum atomic E-state index is -0.949. The highest BCUT2D eigenvalue weighted by molar-refractivity contribution is 5.87. The lowest BCUT2D eigenvalue weighted by Gasteiger charge is -2.06. The van der Waals surface area contributed by atoms with Gasteiger partial charge in [-0.3, -0.25) is 18.6 Å². The standard InChI is InChI=1S/C23H24N4O3/c1-4-26-19-10-9-16(12-20(19)27(5-2)23(26)30)18-13-25(14-21(28)29)24-22(18)17-8-6-7-15(3)11-17/h6-13H,4-5,14H2,1-3H3,(H,28,29). The molecule has 7 heteroatoms. The number of aromatic nitrogens is 4. The van der Waals surface area contributed by atoms with Crippen molar-refractivity contribution in [1.29, 1.82) is 0 Å². The number of nitrogens with zero attached hydrogens (tertiary/aromatic N) is 4. The number of hydrogen-bond acceptors (Lipinski definition) is 3. The van der Waals surface area contributed by atoms with Crippen molar-refractivity contribution in [2.24, 2.45) is 0 Å². The molecule has 4 rings (SSSR count). The van der Waals surface area contributed by atoms with Gasteiger partial charge < -0.3 is 5.11 Å². The summed E-state index contributed by atoms with van der Waals surface area (Å²) in [5.74, 6) is -0.949. The fraction of sp³-hybridized carbons (Fsp3) is 0.261. The van der Waals surface area contributed by atoms with Gasteiger partial charge in [-0.1, -0.05) is 29.8 Å². The van der Waals surface area contributed by atoms with Gasteiger partial charge in [0.1, 0.15) is 12.2 Å². The van der Waals surface area contributed by atoms with Gasteiger partial charge in [0.05, 0.1) is 11.0 Å². The highest BCUT2D eigenvalue weighted by Crippen LogP contribution is 2.33. The third kappa shape index (κ3) is 3.32. The minimum absolute atomic E-state index is 0.0207. The van der Waals surface area contributed by atoms with Gasteiger partial charge in [0, 0.05) is 30.4 Å². The molecule has 0 aliphatic carbocycles. The second-order valence-corrected chi connectivity index (χ2v) is 7.33. The summed E-state index contributed by atoms with van der Waals surface area (Å²) < 4.78 is 4.97. The maximum absolute atomic E-state index is 12.7. The van der Waals surface area contributed by atoms with Crippen molar-refractivity contribution in [3.8, 4) is 22.4 Å². The molecule has 154 valence electrons. The number of carboxylic acids is 1. The number of aliphatic carboxylic acids is 1. The molecule has 2 heterocycles. The van der Waals surface area contributed by atoms with Crippen LogP contribution in [0, 0.1) is 6.92 Å². The summed E-state index contributed by atoms with van der Waals surface area (Å²) in [5, 5.41) is 13.8. The third-order valence-electron chi connectivity index (χ3n) is 5.31. The first kappa shape index (κ1) is 19.7. The number of fused-ring (bicyclic) bond motifs is 1. The van der Waals surface area contributed by atoms with Crippen molar-refractivity contribution in [1.82, 2.24) is 18.9 Å². The molecule has 4 aromatic rings. The molecule has 7 nitrogen and oxygen atoms in total. The Morgan fingerprint density at radius 1 is 1.00 bits per heavy atom. The number of benzene rings is 2. The second kappa shape index (κ2) is 7.67. The van der Waals surface area contributed by atoms with Crippen molar-refractivity contribution < 1.29 is 9.90 Å². The molecule has 0 amide bonds. The summed E-state index contributed by atoms with van der Waals surface area (Å²) in [6.07, 6.45) is 1.76. The Morgan fingerprint density at radius 3 is 2.40 bits per heavy atom. The zero-order valence-corrected chi connectivity index (χ0v) is 17.3. The zero-order valence-electron chi connectivity index (χ0n) is 17.3. The summed E-state index contributed by atoms with van der Waals surface area (Å²) in [7, 11) is 0. The summed E-state index contributed by atoms with van der Waals surface area (Å²) in [4.78, 5) is 23.9. The predicted octanol–water partition coefficient (Wildman–Crippen LogP) is 3.77. The van der Waals surface area contributed by atoms with Gasteiger partial charge in [0.25, 0.3) is 0 Å². The van der Waals surface area contributed by atoms with E-state index in [1.807, 2.05) is 63.2 Å². The number of rotatable bonds is 6. The van der Waals surface area contributed by atoms with E-state index in [2.05, 4.69) is 5.10 Å². The maximum Gasteiger partial charge on any atom is 0.329 e. The van der Waals surface area contributed by atoms with Crippen LogP contribution < -0.4 is 5.69 Å². The molecular weight excluding hydrogens is 380 g/mol. The Kier molecular flexibility index (Phi) is 5.03. The molecule has 2 aromatic carbocycles. The van der Waals surface area contributed by atoms with Gasteiger partial charge in [-0.15, -0.1) is 0 Å². The van der Waals surface area contributed by atoms with E-state index in [1.165, 1.54) is 4.68 Å². The molecule has 0 spiro atoms. The number of aryl methyl sites for hydroxylation is 3. The minimum Gasteiger partial charge on any atom is -0.480 e. The van der Waals surface area contributed by atoms with Gasteiger partial charge in [0.15, 0.2) is 0 Å². The Hall–Kier alpha value is -3.61. The van der Waals surface area contributed by atoms with Crippen molar-refractivity contribution in [2.45, 2.75) is 40.4 Å². The normalized spacial score (nSPS) is 11.3. The van der Waals surface area contributed by atoms with Crippen LogP contribution in [0.25, 0.3) is 33.4 Å². The SMILES string of the molecule is CCn1c(=O)n(CC)c2cc(-c3cn(CC(=O)O)nc3-c3cccc(C)c3)ccc21. The average molecular weight is 404 g/mol. The summed E-state index contributed by atoms with van der Waals surface area (Å²) >= 11 is 0. The molecular formula is C23H24N4O3. The fourth-order valence-electron chi connectivity index (χ4n) is 3.96. The molecule has 0 saturated carbocycles. The summed E-state index contributed by atoms with van der Waals surface area (Å²) in [6, 6.07) is 13.9. The van der Waals surface area contributed by atoms with Crippen LogP contribution in [0.2, 0.25) is 0 Å². The van der Waals surface area contributed by atoms with Crippen LogP contribution in [0.15, 0.2) is 53.5 Å². The Labute approximate surface area is 173 Å². The van der Waals surface area contributed by atoms with Crippen LogP contribution >= 0.6 is 0 Å². The second-order valence-electron chi connectivity index (χ2n) is 7.33. The van der Waals surface area contributed by atoms with Gasteiger partial charge in [-0.2, -0.15) is 5.10 Å². The topological polar surface area (TPSA) is 82.0 Å². The number of carboxylic acid groups (broad SMARTS) is 1. The van der Waals surface area contributed by atoms with Crippen LogP contribution in [0.5, 0.6) is 0 Å². The van der Waals surface area contributed by atoms with E-state index >= 15 is 0 Å². The highest BCUT2D eigenvalue weighted by Gasteiger charge is 2.17. The quantitative estimate of drug-likeness (QED) is 0.530. The lowest BCUT2D eigenvalue weighted by Crippen LogP contribution is -2.22.